The highest BCUT2D eigenvalue weighted by atomic mass is 32.2. The highest BCUT2D eigenvalue weighted by Gasteiger charge is 2.20. The second kappa shape index (κ2) is 15.1. The van der Waals surface area contributed by atoms with E-state index in [0.29, 0.717) is 17.7 Å². The Kier molecular flexibility index (Phi) is 10.3. The predicted octanol–water partition coefficient (Wildman–Crippen LogP) is 9.04. The Balaban J connectivity index is 1.17. The lowest BCUT2D eigenvalue weighted by molar-refractivity contribution is -0.116. The molecule has 6 rings (SSSR count). The zero-order valence-corrected chi connectivity index (χ0v) is 28.5. The maximum Gasteiger partial charge on any atom is 0.272 e. The number of hydrogen-bond acceptors (Lipinski definition) is 4. The van der Waals surface area contributed by atoms with Gasteiger partial charge in [0, 0.05) is 50.2 Å². The zero-order valence-electron chi connectivity index (χ0n) is 27.7. The molecule has 0 saturated heterocycles. The van der Waals surface area contributed by atoms with Crippen LogP contribution in [0.25, 0.3) is 27.9 Å². The van der Waals surface area contributed by atoms with Crippen molar-refractivity contribution < 1.29 is 14.4 Å². The van der Waals surface area contributed by atoms with Crippen LogP contribution in [0.3, 0.4) is 0 Å². The summed E-state index contributed by atoms with van der Waals surface area (Å²) in [6.45, 7) is 6.97. The molecule has 246 valence electrons. The number of anilines is 2. The molecule has 6 aromatic rings. The number of aryl methyl sites for hydroxylation is 2. The number of para-hydroxylation sites is 1. The fourth-order valence-corrected chi connectivity index (χ4v) is 6.81. The van der Waals surface area contributed by atoms with Gasteiger partial charge in [-0.1, -0.05) is 79.2 Å². The van der Waals surface area contributed by atoms with Gasteiger partial charge in [-0.25, -0.2) is 0 Å². The lowest BCUT2D eigenvalue weighted by atomic mass is 10.1. The molecule has 0 radical (unpaired) electrons. The standard InChI is InChI=1S/C41H38N4O3S/c1-4-38(41(48)43-31-22-23-37-34(26-31)33-16-9-10-17-36(33)45(37)5-2)49-32-15-11-14-30(25-32)42-40(47)35(24-28-20-18-27(3)19-21-28)44-39(46)29-12-7-6-8-13-29/h6-26,38H,4-5H2,1-3H3,(H,42,47)(H,43,48)(H,44,46)/b35-24-. The van der Waals surface area contributed by atoms with Crippen LogP contribution < -0.4 is 16.0 Å². The number of benzene rings is 5. The molecule has 1 aromatic heterocycles. The van der Waals surface area contributed by atoms with Gasteiger partial charge in [-0.15, -0.1) is 11.8 Å². The number of carbonyl (C=O) groups excluding carboxylic acids is 3. The van der Waals surface area contributed by atoms with Crippen molar-refractivity contribution in [2.75, 3.05) is 10.6 Å². The molecule has 0 fully saturated rings. The predicted molar refractivity (Wildman–Crippen MR) is 202 cm³/mol. The van der Waals surface area contributed by atoms with E-state index in [-0.39, 0.29) is 22.8 Å². The average molecular weight is 667 g/mol. The lowest BCUT2D eigenvalue weighted by Gasteiger charge is -2.16. The van der Waals surface area contributed by atoms with Crippen LogP contribution in [0.15, 0.2) is 132 Å². The van der Waals surface area contributed by atoms with Crippen molar-refractivity contribution in [2.45, 2.75) is 43.9 Å². The van der Waals surface area contributed by atoms with Gasteiger partial charge in [0.05, 0.1) is 5.25 Å². The fraction of sp³-hybridized carbons (Fsp3) is 0.146. The van der Waals surface area contributed by atoms with E-state index in [1.807, 2.05) is 86.6 Å². The Morgan fingerprint density at radius 2 is 1.45 bits per heavy atom. The summed E-state index contributed by atoms with van der Waals surface area (Å²) < 4.78 is 2.28. The largest absolute Gasteiger partial charge is 0.341 e. The maximum absolute atomic E-state index is 13.6. The first-order valence-corrected chi connectivity index (χ1v) is 17.3. The monoisotopic (exact) mass is 666 g/mol. The number of aromatic nitrogens is 1. The van der Waals surface area contributed by atoms with Gasteiger partial charge in [0.25, 0.3) is 11.8 Å². The van der Waals surface area contributed by atoms with Crippen molar-refractivity contribution in [3.8, 4) is 0 Å². The van der Waals surface area contributed by atoms with Crippen LogP contribution in [0.5, 0.6) is 0 Å². The molecule has 8 heteroatoms. The molecule has 0 bridgehead atoms. The number of fused-ring (bicyclic) bond motifs is 3. The molecule has 0 spiro atoms. The molecular weight excluding hydrogens is 629 g/mol. The fourth-order valence-electron chi connectivity index (χ4n) is 5.80. The normalized spacial score (nSPS) is 12.1. The number of rotatable bonds is 11. The van der Waals surface area contributed by atoms with E-state index in [2.05, 4.69) is 45.6 Å². The molecule has 1 atom stereocenters. The Morgan fingerprint density at radius 3 is 2.20 bits per heavy atom. The third-order valence-corrected chi connectivity index (χ3v) is 9.66. The highest BCUT2D eigenvalue weighted by molar-refractivity contribution is 8.00. The Morgan fingerprint density at radius 1 is 0.735 bits per heavy atom. The molecule has 7 nitrogen and oxygen atoms in total. The summed E-state index contributed by atoms with van der Waals surface area (Å²) in [5, 5.41) is 10.8. The molecule has 3 amide bonds. The number of amides is 3. The third kappa shape index (κ3) is 7.77. The first-order valence-electron chi connectivity index (χ1n) is 16.4. The third-order valence-electron chi connectivity index (χ3n) is 8.31. The first kappa shape index (κ1) is 33.3. The van der Waals surface area contributed by atoms with Crippen molar-refractivity contribution in [3.05, 3.63) is 144 Å². The summed E-state index contributed by atoms with van der Waals surface area (Å²) in [4.78, 5) is 41.0. The van der Waals surface area contributed by atoms with Gasteiger partial charge in [-0.05, 0) is 86.5 Å². The minimum Gasteiger partial charge on any atom is -0.341 e. The summed E-state index contributed by atoms with van der Waals surface area (Å²) in [5.74, 6) is -0.936. The minimum atomic E-state index is -0.461. The van der Waals surface area contributed by atoms with Gasteiger partial charge in [0.2, 0.25) is 5.91 Å². The summed E-state index contributed by atoms with van der Waals surface area (Å²) in [6.07, 6.45) is 2.27. The van der Waals surface area contributed by atoms with E-state index in [4.69, 9.17) is 0 Å². The number of nitrogens with zero attached hydrogens (tertiary/aromatic N) is 1. The highest BCUT2D eigenvalue weighted by Crippen LogP contribution is 2.32. The van der Waals surface area contributed by atoms with Crippen LogP contribution in [-0.4, -0.2) is 27.5 Å². The summed E-state index contributed by atoms with van der Waals surface area (Å²) in [5.41, 5.74) is 6.04. The molecule has 5 aromatic carbocycles. The molecule has 0 aliphatic rings. The SMILES string of the molecule is CCC(Sc1cccc(NC(=O)/C(=C/c2ccc(C)cc2)NC(=O)c2ccccc2)c1)C(=O)Nc1ccc2c(c1)c1ccccc1n2CC. The van der Waals surface area contributed by atoms with Crippen LogP contribution in [0.4, 0.5) is 11.4 Å². The quantitative estimate of drug-likeness (QED) is 0.0951. The van der Waals surface area contributed by atoms with Crippen molar-refractivity contribution in [3.63, 3.8) is 0 Å². The van der Waals surface area contributed by atoms with E-state index in [9.17, 15) is 14.4 Å². The Bertz CT molecular complexity index is 2170. The number of hydrogen-bond donors (Lipinski definition) is 3. The molecule has 1 unspecified atom stereocenters. The van der Waals surface area contributed by atoms with Gasteiger partial charge in [-0.2, -0.15) is 0 Å². The van der Waals surface area contributed by atoms with Gasteiger partial charge in [-0.3, -0.25) is 14.4 Å². The molecule has 3 N–H and O–H groups in total. The molecule has 0 aliphatic heterocycles. The van der Waals surface area contributed by atoms with Crippen LogP contribution in [0.1, 0.15) is 41.8 Å². The smallest absolute Gasteiger partial charge is 0.272 e. The van der Waals surface area contributed by atoms with E-state index in [0.717, 1.165) is 44.5 Å². The van der Waals surface area contributed by atoms with E-state index in [1.165, 1.54) is 17.3 Å². The lowest BCUT2D eigenvalue weighted by Crippen LogP contribution is -2.30. The second-order valence-corrected chi connectivity index (χ2v) is 13.0. The molecule has 1 heterocycles. The first-order chi connectivity index (χ1) is 23.8. The van der Waals surface area contributed by atoms with Gasteiger partial charge >= 0.3 is 0 Å². The van der Waals surface area contributed by atoms with Gasteiger partial charge in [0.1, 0.15) is 5.70 Å². The topological polar surface area (TPSA) is 92.2 Å². The van der Waals surface area contributed by atoms with Crippen LogP contribution in [0.2, 0.25) is 0 Å². The summed E-state index contributed by atoms with van der Waals surface area (Å²) >= 11 is 1.44. The van der Waals surface area contributed by atoms with Crippen molar-refractivity contribution in [2.24, 2.45) is 0 Å². The molecule has 0 saturated carbocycles. The Hall–Kier alpha value is -5.60. The van der Waals surface area contributed by atoms with Gasteiger partial charge in [0.15, 0.2) is 0 Å². The van der Waals surface area contributed by atoms with Crippen molar-refractivity contribution in [1.29, 1.82) is 0 Å². The minimum absolute atomic E-state index is 0.0903. The average Bonchev–Trinajstić information content (AvgIpc) is 3.44. The molecular formula is C41H38N4O3S. The van der Waals surface area contributed by atoms with Gasteiger partial charge < -0.3 is 20.5 Å². The van der Waals surface area contributed by atoms with E-state index >= 15 is 0 Å². The second-order valence-electron chi connectivity index (χ2n) is 11.8. The summed E-state index contributed by atoms with van der Waals surface area (Å²) in [6, 6.07) is 38.2. The number of thioether (sulfide) groups is 1. The van der Waals surface area contributed by atoms with Crippen LogP contribution in [-0.2, 0) is 16.1 Å². The number of carbonyl (C=O) groups is 3. The Labute approximate surface area is 290 Å². The van der Waals surface area contributed by atoms with Crippen molar-refractivity contribution >= 4 is 68.7 Å². The molecule has 0 aliphatic carbocycles. The van der Waals surface area contributed by atoms with E-state index < -0.39 is 5.91 Å². The van der Waals surface area contributed by atoms with Crippen LogP contribution >= 0.6 is 11.8 Å². The van der Waals surface area contributed by atoms with Crippen LogP contribution in [0, 0.1) is 6.92 Å². The maximum atomic E-state index is 13.6. The van der Waals surface area contributed by atoms with Crippen molar-refractivity contribution in [1.82, 2.24) is 9.88 Å². The summed E-state index contributed by atoms with van der Waals surface area (Å²) in [7, 11) is 0. The van der Waals surface area contributed by atoms with E-state index in [1.54, 1.807) is 36.4 Å². The number of nitrogens with one attached hydrogen (secondary N) is 3. The molecule has 49 heavy (non-hydrogen) atoms. The zero-order chi connectivity index (χ0) is 34.3.